The molecule has 1 aliphatic heterocycles. The highest BCUT2D eigenvalue weighted by molar-refractivity contribution is 6.00. The summed E-state index contributed by atoms with van der Waals surface area (Å²) in [5, 5.41) is 3.35. The number of amides is 2. The van der Waals surface area contributed by atoms with Crippen LogP contribution >= 0.6 is 0 Å². The Balaban J connectivity index is 1.27. The minimum Gasteiger partial charge on any atom is -0.399 e. The number of nitrogens with one attached hydrogen (secondary N) is 1. The molecule has 0 aromatic heterocycles. The fourth-order valence-electron chi connectivity index (χ4n) is 6.30. The highest BCUT2D eigenvalue weighted by Crippen LogP contribution is 2.55. The summed E-state index contributed by atoms with van der Waals surface area (Å²) in [5.74, 6) is 2.33. The standard InChI is InChI=1S/C20H25N3O2/c21-16-1-2-17-15(6-16)10-23(19(17)25)11-18(24)22-20-7-12-3-13(8-20)5-14(4-12)9-20/h1-2,6,12-14H,3-5,7-11,21H2,(H,22,24). The van der Waals surface area contributed by atoms with Gasteiger partial charge >= 0.3 is 0 Å². The van der Waals surface area contributed by atoms with Gasteiger partial charge in [-0.05, 0) is 80.0 Å². The summed E-state index contributed by atoms with van der Waals surface area (Å²) < 4.78 is 0. The summed E-state index contributed by atoms with van der Waals surface area (Å²) in [7, 11) is 0. The number of nitrogens with two attached hydrogens (primary N) is 1. The molecular weight excluding hydrogens is 314 g/mol. The molecule has 4 aliphatic carbocycles. The molecule has 1 aromatic carbocycles. The summed E-state index contributed by atoms with van der Waals surface area (Å²) in [4.78, 5) is 26.9. The van der Waals surface area contributed by atoms with Gasteiger partial charge in [-0.3, -0.25) is 9.59 Å². The Morgan fingerprint density at radius 1 is 1.16 bits per heavy atom. The van der Waals surface area contributed by atoms with Crippen LogP contribution in [0.15, 0.2) is 18.2 Å². The van der Waals surface area contributed by atoms with Crippen LogP contribution in [-0.4, -0.2) is 28.8 Å². The Bertz CT molecular complexity index is 722. The van der Waals surface area contributed by atoms with Crippen molar-refractivity contribution in [3.05, 3.63) is 29.3 Å². The lowest BCUT2D eigenvalue weighted by molar-refractivity contribution is -0.127. The predicted molar refractivity (Wildman–Crippen MR) is 94.6 cm³/mol. The smallest absolute Gasteiger partial charge is 0.254 e. The van der Waals surface area contributed by atoms with E-state index in [1.807, 2.05) is 6.07 Å². The number of hydrogen-bond acceptors (Lipinski definition) is 3. The molecule has 0 radical (unpaired) electrons. The van der Waals surface area contributed by atoms with E-state index in [4.69, 9.17) is 5.73 Å². The highest BCUT2D eigenvalue weighted by Gasteiger charge is 2.51. The third-order valence-corrected chi connectivity index (χ3v) is 6.79. The first-order chi connectivity index (χ1) is 12.0. The van der Waals surface area contributed by atoms with Crippen LogP contribution in [0.1, 0.15) is 54.4 Å². The molecule has 1 aromatic rings. The maximum absolute atomic E-state index is 12.7. The lowest BCUT2D eigenvalue weighted by Crippen LogP contribution is -2.61. The van der Waals surface area contributed by atoms with Gasteiger partial charge in [0.05, 0.1) is 0 Å². The fourth-order valence-corrected chi connectivity index (χ4v) is 6.30. The zero-order valence-corrected chi connectivity index (χ0v) is 14.5. The van der Waals surface area contributed by atoms with Crippen LogP contribution in [0.2, 0.25) is 0 Å². The van der Waals surface area contributed by atoms with E-state index in [-0.39, 0.29) is 23.9 Å². The van der Waals surface area contributed by atoms with Gasteiger partial charge in [0.25, 0.3) is 5.91 Å². The molecule has 5 aliphatic rings. The number of carbonyl (C=O) groups excluding carboxylic acids is 2. The van der Waals surface area contributed by atoms with Crippen molar-refractivity contribution in [1.82, 2.24) is 10.2 Å². The van der Waals surface area contributed by atoms with Gasteiger partial charge in [-0.1, -0.05) is 0 Å². The van der Waals surface area contributed by atoms with Gasteiger partial charge < -0.3 is 16.0 Å². The van der Waals surface area contributed by atoms with E-state index in [9.17, 15) is 9.59 Å². The SMILES string of the molecule is Nc1ccc2c(c1)CN(CC(=O)NC13CC4CC(CC(C4)C1)C3)C2=O. The number of nitrogens with zero attached hydrogens (tertiary/aromatic N) is 1. The maximum Gasteiger partial charge on any atom is 0.254 e. The number of anilines is 1. The highest BCUT2D eigenvalue weighted by atomic mass is 16.2. The van der Waals surface area contributed by atoms with E-state index in [2.05, 4.69) is 5.32 Å². The summed E-state index contributed by atoms with van der Waals surface area (Å²) in [5.41, 5.74) is 8.08. The van der Waals surface area contributed by atoms with Crippen LogP contribution < -0.4 is 11.1 Å². The summed E-state index contributed by atoms with van der Waals surface area (Å²) in [6.45, 7) is 0.628. The Kier molecular flexibility index (Phi) is 3.19. The molecular formula is C20H25N3O2. The molecule has 5 heteroatoms. The lowest BCUT2D eigenvalue weighted by Gasteiger charge is -2.57. The normalized spacial score (nSPS) is 35.1. The molecule has 5 nitrogen and oxygen atoms in total. The van der Waals surface area contributed by atoms with Gasteiger partial charge in [-0.15, -0.1) is 0 Å². The maximum atomic E-state index is 12.7. The van der Waals surface area contributed by atoms with Gasteiger partial charge in [0.2, 0.25) is 5.91 Å². The van der Waals surface area contributed by atoms with Crippen LogP contribution in [-0.2, 0) is 11.3 Å². The third-order valence-electron chi connectivity index (χ3n) is 6.79. The summed E-state index contributed by atoms with van der Waals surface area (Å²) >= 11 is 0. The quantitative estimate of drug-likeness (QED) is 0.830. The largest absolute Gasteiger partial charge is 0.399 e. The number of hydrogen-bond donors (Lipinski definition) is 2. The predicted octanol–water partition coefficient (Wildman–Crippen LogP) is 2.31. The van der Waals surface area contributed by atoms with E-state index in [1.165, 1.54) is 19.3 Å². The number of fused-ring (bicyclic) bond motifs is 1. The van der Waals surface area contributed by atoms with E-state index in [0.717, 1.165) is 42.6 Å². The van der Waals surface area contributed by atoms with Crippen molar-refractivity contribution in [3.63, 3.8) is 0 Å². The number of nitrogen functional groups attached to an aromatic ring is 1. The van der Waals surface area contributed by atoms with Crippen molar-refractivity contribution in [3.8, 4) is 0 Å². The van der Waals surface area contributed by atoms with E-state index >= 15 is 0 Å². The molecule has 0 saturated heterocycles. The molecule has 4 fully saturated rings. The van der Waals surface area contributed by atoms with Crippen molar-refractivity contribution in [1.29, 1.82) is 0 Å². The second kappa shape index (κ2) is 5.23. The van der Waals surface area contributed by atoms with Crippen molar-refractivity contribution < 1.29 is 9.59 Å². The first-order valence-corrected chi connectivity index (χ1v) is 9.48. The van der Waals surface area contributed by atoms with Crippen molar-refractivity contribution in [2.24, 2.45) is 17.8 Å². The first kappa shape index (κ1) is 15.2. The van der Waals surface area contributed by atoms with Gasteiger partial charge in [0, 0.05) is 23.3 Å². The molecule has 0 atom stereocenters. The number of rotatable bonds is 3. The van der Waals surface area contributed by atoms with E-state index in [0.29, 0.717) is 17.8 Å². The molecule has 4 bridgehead atoms. The average Bonchev–Trinajstić information content (AvgIpc) is 2.80. The molecule has 3 N–H and O–H groups in total. The van der Waals surface area contributed by atoms with Crippen LogP contribution in [0.25, 0.3) is 0 Å². The Morgan fingerprint density at radius 2 is 1.80 bits per heavy atom. The Morgan fingerprint density at radius 3 is 2.44 bits per heavy atom. The lowest BCUT2D eigenvalue weighted by atomic mass is 9.53. The van der Waals surface area contributed by atoms with Gasteiger partial charge in [-0.25, -0.2) is 0 Å². The van der Waals surface area contributed by atoms with Crippen LogP contribution in [0.3, 0.4) is 0 Å². The molecule has 0 unspecified atom stereocenters. The second-order valence-electron chi connectivity index (χ2n) is 8.82. The number of carbonyl (C=O) groups is 2. The minimum absolute atomic E-state index is 0.00363. The first-order valence-electron chi connectivity index (χ1n) is 9.48. The van der Waals surface area contributed by atoms with E-state index < -0.39 is 0 Å². The number of benzene rings is 1. The minimum atomic E-state index is -0.0596. The van der Waals surface area contributed by atoms with Crippen molar-refractivity contribution in [2.45, 2.75) is 50.6 Å². The molecule has 1 heterocycles. The molecule has 132 valence electrons. The third kappa shape index (κ3) is 2.52. The molecule has 25 heavy (non-hydrogen) atoms. The summed E-state index contributed by atoms with van der Waals surface area (Å²) in [6.07, 6.45) is 7.48. The molecule has 6 rings (SSSR count). The van der Waals surface area contributed by atoms with Gasteiger partial charge in [-0.2, -0.15) is 0 Å². The van der Waals surface area contributed by atoms with Crippen LogP contribution in [0.4, 0.5) is 5.69 Å². The average molecular weight is 339 g/mol. The van der Waals surface area contributed by atoms with Crippen molar-refractivity contribution in [2.75, 3.05) is 12.3 Å². The Labute approximate surface area is 147 Å². The van der Waals surface area contributed by atoms with Gasteiger partial charge in [0.15, 0.2) is 0 Å². The topological polar surface area (TPSA) is 75.4 Å². The van der Waals surface area contributed by atoms with Crippen LogP contribution in [0.5, 0.6) is 0 Å². The zero-order valence-electron chi connectivity index (χ0n) is 14.5. The van der Waals surface area contributed by atoms with Gasteiger partial charge in [0.1, 0.15) is 6.54 Å². The monoisotopic (exact) mass is 339 g/mol. The molecule has 4 saturated carbocycles. The second-order valence-corrected chi connectivity index (χ2v) is 8.82. The molecule has 0 spiro atoms. The summed E-state index contributed by atoms with van der Waals surface area (Å²) in [6, 6.07) is 5.35. The fraction of sp³-hybridized carbons (Fsp3) is 0.600. The van der Waals surface area contributed by atoms with Crippen LogP contribution in [0, 0.1) is 17.8 Å². The molecule has 2 amide bonds. The van der Waals surface area contributed by atoms with E-state index in [1.54, 1.807) is 17.0 Å². The Hall–Kier alpha value is -2.04. The van der Waals surface area contributed by atoms with Crippen molar-refractivity contribution >= 4 is 17.5 Å². The zero-order chi connectivity index (χ0) is 17.2.